The summed E-state index contributed by atoms with van der Waals surface area (Å²) in [6.45, 7) is 4.78. The molecule has 0 fully saturated rings. The summed E-state index contributed by atoms with van der Waals surface area (Å²) in [5, 5.41) is 0. The highest BCUT2D eigenvalue weighted by molar-refractivity contribution is 5.86. The lowest BCUT2D eigenvalue weighted by molar-refractivity contribution is 0.111. The Hall–Kier alpha value is -2.09. The van der Waals surface area contributed by atoms with E-state index in [9.17, 15) is 4.79 Å². The summed E-state index contributed by atoms with van der Waals surface area (Å²) < 4.78 is 5.84. The third-order valence-corrected chi connectivity index (χ3v) is 2.82. The SMILES string of the molecule is CC(C)COc1c(C=O)cccc1-c1ccccc1. The number of benzene rings is 2. The fourth-order valence-corrected chi connectivity index (χ4v) is 1.90. The van der Waals surface area contributed by atoms with Gasteiger partial charge in [-0.05, 0) is 17.5 Å². The molecule has 0 aliphatic heterocycles. The standard InChI is InChI=1S/C17H18O2/c1-13(2)12-19-17-15(11-18)9-6-10-16(17)14-7-4-3-5-8-14/h3-11,13H,12H2,1-2H3. The molecular formula is C17H18O2. The fraction of sp³-hybridized carbons (Fsp3) is 0.235. The van der Waals surface area contributed by atoms with Crippen LogP contribution in [-0.2, 0) is 0 Å². The summed E-state index contributed by atoms with van der Waals surface area (Å²) in [5.74, 6) is 1.10. The summed E-state index contributed by atoms with van der Waals surface area (Å²) >= 11 is 0. The fourth-order valence-electron chi connectivity index (χ4n) is 1.90. The predicted molar refractivity (Wildman–Crippen MR) is 77.6 cm³/mol. The van der Waals surface area contributed by atoms with E-state index in [1.54, 1.807) is 6.07 Å². The van der Waals surface area contributed by atoms with Gasteiger partial charge in [-0.15, -0.1) is 0 Å². The molecule has 0 unspecified atom stereocenters. The van der Waals surface area contributed by atoms with Crippen molar-refractivity contribution < 1.29 is 9.53 Å². The molecule has 2 aromatic rings. The minimum atomic E-state index is 0.420. The van der Waals surface area contributed by atoms with E-state index < -0.39 is 0 Å². The Bertz CT molecular complexity index is 544. The van der Waals surface area contributed by atoms with E-state index in [-0.39, 0.29) is 0 Å². The molecule has 0 radical (unpaired) electrons. The average molecular weight is 254 g/mol. The van der Waals surface area contributed by atoms with E-state index in [0.29, 0.717) is 23.8 Å². The molecule has 19 heavy (non-hydrogen) atoms. The van der Waals surface area contributed by atoms with Gasteiger partial charge in [-0.1, -0.05) is 56.3 Å². The number of hydrogen-bond acceptors (Lipinski definition) is 2. The topological polar surface area (TPSA) is 26.3 Å². The normalized spacial score (nSPS) is 10.5. The van der Waals surface area contributed by atoms with E-state index in [4.69, 9.17) is 4.74 Å². The number of ether oxygens (including phenoxy) is 1. The Kier molecular flexibility index (Phi) is 4.35. The Morgan fingerprint density at radius 2 is 1.79 bits per heavy atom. The molecule has 0 aliphatic rings. The summed E-state index contributed by atoms with van der Waals surface area (Å²) in [7, 11) is 0. The molecule has 0 aliphatic carbocycles. The van der Waals surface area contributed by atoms with Crippen molar-refractivity contribution in [2.24, 2.45) is 5.92 Å². The predicted octanol–water partition coefficient (Wildman–Crippen LogP) is 4.20. The van der Waals surface area contributed by atoms with Crippen LogP contribution >= 0.6 is 0 Å². The number of carbonyl (C=O) groups excluding carboxylic acids is 1. The molecule has 0 N–H and O–H groups in total. The Morgan fingerprint density at radius 3 is 2.42 bits per heavy atom. The Labute approximate surface area is 114 Å². The van der Waals surface area contributed by atoms with Gasteiger partial charge in [0.1, 0.15) is 5.75 Å². The summed E-state index contributed by atoms with van der Waals surface area (Å²) in [5.41, 5.74) is 2.62. The lowest BCUT2D eigenvalue weighted by atomic mass is 10.0. The minimum absolute atomic E-state index is 0.420. The maximum atomic E-state index is 11.2. The molecule has 0 saturated carbocycles. The van der Waals surface area contributed by atoms with Crippen LogP contribution in [0.5, 0.6) is 5.75 Å². The first-order valence-electron chi connectivity index (χ1n) is 6.48. The Balaban J connectivity index is 2.45. The second kappa shape index (κ2) is 6.19. The van der Waals surface area contributed by atoms with Crippen molar-refractivity contribution in [2.45, 2.75) is 13.8 Å². The molecule has 0 atom stereocenters. The average Bonchev–Trinajstić information content (AvgIpc) is 2.45. The van der Waals surface area contributed by atoms with E-state index in [1.807, 2.05) is 42.5 Å². The Morgan fingerprint density at radius 1 is 1.05 bits per heavy atom. The molecule has 98 valence electrons. The van der Waals surface area contributed by atoms with Crippen molar-refractivity contribution in [3.8, 4) is 16.9 Å². The first-order valence-corrected chi connectivity index (χ1v) is 6.48. The van der Waals surface area contributed by atoms with Gasteiger partial charge in [0.25, 0.3) is 0 Å². The van der Waals surface area contributed by atoms with Gasteiger partial charge >= 0.3 is 0 Å². The first kappa shape index (κ1) is 13.3. The molecule has 0 spiro atoms. The molecule has 2 nitrogen and oxygen atoms in total. The van der Waals surface area contributed by atoms with Crippen LogP contribution in [0.2, 0.25) is 0 Å². The van der Waals surface area contributed by atoms with Crippen molar-refractivity contribution in [3.05, 3.63) is 54.1 Å². The van der Waals surface area contributed by atoms with Crippen LogP contribution in [0.4, 0.5) is 0 Å². The molecule has 0 bridgehead atoms. The van der Waals surface area contributed by atoms with E-state index in [0.717, 1.165) is 17.4 Å². The molecular weight excluding hydrogens is 236 g/mol. The summed E-state index contributed by atoms with van der Waals surface area (Å²) in [4.78, 5) is 11.2. The van der Waals surface area contributed by atoms with Crippen molar-refractivity contribution in [1.82, 2.24) is 0 Å². The third kappa shape index (κ3) is 3.22. The van der Waals surface area contributed by atoms with Gasteiger partial charge in [-0.2, -0.15) is 0 Å². The summed E-state index contributed by atoms with van der Waals surface area (Å²) in [6, 6.07) is 15.6. The zero-order valence-electron chi connectivity index (χ0n) is 11.3. The first-order chi connectivity index (χ1) is 9.22. The third-order valence-electron chi connectivity index (χ3n) is 2.82. The molecule has 0 heterocycles. The van der Waals surface area contributed by atoms with Gasteiger partial charge in [0.15, 0.2) is 6.29 Å². The smallest absolute Gasteiger partial charge is 0.153 e. The second-order valence-electron chi connectivity index (χ2n) is 4.91. The van der Waals surface area contributed by atoms with Gasteiger partial charge in [0.05, 0.1) is 12.2 Å². The monoisotopic (exact) mass is 254 g/mol. The molecule has 2 aromatic carbocycles. The van der Waals surface area contributed by atoms with Gasteiger partial charge in [-0.25, -0.2) is 0 Å². The van der Waals surface area contributed by atoms with Crippen molar-refractivity contribution >= 4 is 6.29 Å². The van der Waals surface area contributed by atoms with E-state index in [2.05, 4.69) is 13.8 Å². The van der Waals surface area contributed by atoms with Gasteiger partial charge in [0.2, 0.25) is 0 Å². The van der Waals surface area contributed by atoms with Crippen molar-refractivity contribution in [2.75, 3.05) is 6.61 Å². The van der Waals surface area contributed by atoms with Crippen LogP contribution in [0.3, 0.4) is 0 Å². The highest BCUT2D eigenvalue weighted by Gasteiger charge is 2.11. The quantitative estimate of drug-likeness (QED) is 0.747. The van der Waals surface area contributed by atoms with Crippen LogP contribution in [-0.4, -0.2) is 12.9 Å². The largest absolute Gasteiger partial charge is 0.492 e. The molecule has 0 aromatic heterocycles. The molecule has 2 rings (SSSR count). The van der Waals surface area contributed by atoms with Crippen LogP contribution in [0.15, 0.2) is 48.5 Å². The second-order valence-corrected chi connectivity index (χ2v) is 4.91. The van der Waals surface area contributed by atoms with Crippen LogP contribution in [0, 0.1) is 5.92 Å². The van der Waals surface area contributed by atoms with Gasteiger partial charge in [-0.3, -0.25) is 4.79 Å². The zero-order valence-corrected chi connectivity index (χ0v) is 11.3. The van der Waals surface area contributed by atoms with Crippen molar-refractivity contribution in [1.29, 1.82) is 0 Å². The van der Waals surface area contributed by atoms with Crippen LogP contribution in [0.1, 0.15) is 24.2 Å². The maximum Gasteiger partial charge on any atom is 0.153 e. The number of aldehydes is 1. The number of hydrogen-bond donors (Lipinski definition) is 0. The minimum Gasteiger partial charge on any atom is -0.492 e. The molecule has 2 heteroatoms. The van der Waals surface area contributed by atoms with Crippen LogP contribution in [0.25, 0.3) is 11.1 Å². The van der Waals surface area contributed by atoms with Crippen molar-refractivity contribution in [3.63, 3.8) is 0 Å². The highest BCUT2D eigenvalue weighted by Crippen LogP contribution is 2.32. The van der Waals surface area contributed by atoms with E-state index >= 15 is 0 Å². The van der Waals surface area contributed by atoms with E-state index in [1.165, 1.54) is 0 Å². The lowest BCUT2D eigenvalue weighted by Gasteiger charge is -2.15. The molecule has 0 saturated heterocycles. The number of carbonyl (C=O) groups is 1. The molecule has 0 amide bonds. The van der Waals surface area contributed by atoms with Crippen LogP contribution < -0.4 is 4.74 Å². The maximum absolute atomic E-state index is 11.2. The highest BCUT2D eigenvalue weighted by atomic mass is 16.5. The zero-order chi connectivity index (χ0) is 13.7. The summed E-state index contributed by atoms with van der Waals surface area (Å²) in [6.07, 6.45) is 0.849. The number of para-hydroxylation sites is 1. The van der Waals surface area contributed by atoms with Gasteiger partial charge in [0, 0.05) is 5.56 Å². The number of rotatable bonds is 5. The lowest BCUT2D eigenvalue weighted by Crippen LogP contribution is -2.07. The van der Waals surface area contributed by atoms with Gasteiger partial charge < -0.3 is 4.74 Å².